The predicted molar refractivity (Wildman–Crippen MR) is 73.6 cm³/mol. The average molecular weight is 340 g/mol. The molecule has 0 saturated carbocycles. The van der Waals surface area contributed by atoms with Crippen molar-refractivity contribution in [3.63, 3.8) is 0 Å². The molecular weight excluding hydrogens is 326 g/mol. The quantitative estimate of drug-likeness (QED) is 0.829. The molecule has 1 saturated heterocycles. The zero-order valence-corrected chi connectivity index (χ0v) is 13.1. The van der Waals surface area contributed by atoms with E-state index in [9.17, 15) is 16.8 Å². The molecule has 112 valence electrons. The van der Waals surface area contributed by atoms with Crippen molar-refractivity contribution in [2.45, 2.75) is 28.7 Å². The van der Waals surface area contributed by atoms with E-state index >= 15 is 0 Å². The lowest BCUT2D eigenvalue weighted by atomic mass is 10.0. The van der Waals surface area contributed by atoms with Crippen molar-refractivity contribution in [3.05, 3.63) is 24.3 Å². The molecule has 1 N–H and O–H groups in total. The van der Waals surface area contributed by atoms with E-state index in [1.165, 1.54) is 18.2 Å². The minimum atomic E-state index is -3.97. The third-order valence-electron chi connectivity index (χ3n) is 3.00. The number of nitrogens with one attached hydrogen (secondary N) is 1. The molecule has 0 bridgehead atoms. The maximum atomic E-state index is 12.3. The second kappa shape index (κ2) is 5.27. The van der Waals surface area contributed by atoms with Crippen LogP contribution in [0.5, 0.6) is 0 Å². The Morgan fingerprint density at radius 3 is 2.45 bits per heavy atom. The molecule has 0 aromatic heterocycles. The second-order valence-electron chi connectivity index (χ2n) is 4.88. The van der Waals surface area contributed by atoms with Crippen LogP contribution in [-0.2, 0) is 23.8 Å². The van der Waals surface area contributed by atoms with E-state index in [1.807, 2.05) is 0 Å². The Morgan fingerprint density at radius 1 is 1.25 bits per heavy atom. The van der Waals surface area contributed by atoms with Gasteiger partial charge in [-0.15, -0.1) is 0 Å². The van der Waals surface area contributed by atoms with Crippen molar-refractivity contribution in [1.82, 2.24) is 4.72 Å². The van der Waals surface area contributed by atoms with Crippen LogP contribution in [0.4, 0.5) is 0 Å². The fraction of sp³-hybridized carbons (Fsp3) is 0.455. The largest absolute Gasteiger partial charge is 0.379 e. The summed E-state index contributed by atoms with van der Waals surface area (Å²) >= 11 is 0. The first-order valence-corrected chi connectivity index (χ1v) is 9.58. The number of ether oxygens (including phenoxy) is 1. The molecule has 9 heteroatoms. The highest BCUT2D eigenvalue weighted by atomic mass is 35.7. The summed E-state index contributed by atoms with van der Waals surface area (Å²) in [5.41, 5.74) is -0.686. The highest BCUT2D eigenvalue weighted by molar-refractivity contribution is 8.13. The summed E-state index contributed by atoms with van der Waals surface area (Å²) in [6.45, 7) is 2.49. The van der Waals surface area contributed by atoms with Gasteiger partial charge in [-0.3, -0.25) is 0 Å². The SMILES string of the molecule is CC1(NS(=O)(=O)c2cccc(S(=O)(=O)Cl)c2)CCOC1. The number of sulfonamides is 1. The topological polar surface area (TPSA) is 89.5 Å². The Balaban J connectivity index is 2.35. The number of benzene rings is 1. The molecule has 6 nitrogen and oxygen atoms in total. The van der Waals surface area contributed by atoms with Gasteiger partial charge in [0, 0.05) is 17.3 Å². The number of halogens is 1. The van der Waals surface area contributed by atoms with Gasteiger partial charge in [0.05, 0.1) is 21.9 Å². The monoisotopic (exact) mass is 339 g/mol. The van der Waals surface area contributed by atoms with Crippen molar-refractivity contribution < 1.29 is 21.6 Å². The lowest BCUT2D eigenvalue weighted by Gasteiger charge is -2.23. The number of hydrogen-bond donors (Lipinski definition) is 1. The molecule has 20 heavy (non-hydrogen) atoms. The zero-order chi connectivity index (χ0) is 15.0. The molecule has 1 aliphatic heterocycles. The smallest absolute Gasteiger partial charge is 0.261 e. The molecule has 1 fully saturated rings. The third kappa shape index (κ3) is 3.50. The Bertz CT molecular complexity index is 708. The van der Waals surface area contributed by atoms with Crippen molar-refractivity contribution in [3.8, 4) is 0 Å². The van der Waals surface area contributed by atoms with Gasteiger partial charge in [-0.25, -0.2) is 21.6 Å². The molecule has 0 spiro atoms. The maximum absolute atomic E-state index is 12.3. The Morgan fingerprint density at radius 2 is 1.90 bits per heavy atom. The molecule has 0 amide bonds. The normalized spacial score (nSPS) is 23.9. The predicted octanol–water partition coefficient (Wildman–Crippen LogP) is 1.07. The highest BCUT2D eigenvalue weighted by Crippen LogP contribution is 2.23. The summed E-state index contributed by atoms with van der Waals surface area (Å²) in [4.78, 5) is -0.401. The van der Waals surface area contributed by atoms with Crippen LogP contribution in [0.15, 0.2) is 34.1 Å². The minimum absolute atomic E-state index is 0.146. The molecule has 1 atom stereocenters. The molecule has 2 rings (SSSR count). The average Bonchev–Trinajstić information content (AvgIpc) is 2.74. The Hall–Kier alpha value is -0.670. The van der Waals surface area contributed by atoms with Crippen LogP contribution in [0.2, 0.25) is 0 Å². The van der Waals surface area contributed by atoms with E-state index in [2.05, 4.69) is 4.72 Å². The van der Waals surface area contributed by atoms with E-state index < -0.39 is 24.6 Å². The summed E-state index contributed by atoms with van der Waals surface area (Å²) in [5.74, 6) is 0. The summed E-state index contributed by atoms with van der Waals surface area (Å²) in [6.07, 6.45) is 0.555. The van der Waals surface area contributed by atoms with Crippen molar-refractivity contribution in [1.29, 1.82) is 0 Å². The number of hydrogen-bond acceptors (Lipinski definition) is 5. The van der Waals surface area contributed by atoms with Crippen LogP contribution in [0.25, 0.3) is 0 Å². The van der Waals surface area contributed by atoms with Gasteiger partial charge in [-0.05, 0) is 31.5 Å². The first-order valence-electron chi connectivity index (χ1n) is 5.79. The Kier molecular flexibility index (Phi) is 4.14. The number of rotatable bonds is 4. The van der Waals surface area contributed by atoms with Gasteiger partial charge in [-0.2, -0.15) is 0 Å². The minimum Gasteiger partial charge on any atom is -0.379 e. The molecule has 0 aliphatic carbocycles. The van der Waals surface area contributed by atoms with E-state index in [0.29, 0.717) is 13.0 Å². The third-order valence-corrected chi connectivity index (χ3v) is 5.98. The first-order chi connectivity index (χ1) is 9.12. The molecule has 1 aromatic carbocycles. The van der Waals surface area contributed by atoms with Crippen LogP contribution in [0.1, 0.15) is 13.3 Å². The summed E-state index contributed by atoms with van der Waals surface area (Å²) in [6, 6.07) is 4.91. The fourth-order valence-electron chi connectivity index (χ4n) is 1.92. The van der Waals surface area contributed by atoms with Gasteiger partial charge in [0.2, 0.25) is 10.0 Å². The van der Waals surface area contributed by atoms with Gasteiger partial charge in [0.1, 0.15) is 0 Å². The summed E-state index contributed by atoms with van der Waals surface area (Å²) < 4.78 is 54.7. The Labute approximate surface area is 122 Å². The summed E-state index contributed by atoms with van der Waals surface area (Å²) in [5, 5.41) is 0. The van der Waals surface area contributed by atoms with Crippen LogP contribution < -0.4 is 4.72 Å². The van der Waals surface area contributed by atoms with Crippen LogP contribution in [0.3, 0.4) is 0 Å². The van der Waals surface area contributed by atoms with Crippen LogP contribution in [-0.4, -0.2) is 35.6 Å². The van der Waals surface area contributed by atoms with Crippen molar-refractivity contribution in [2.75, 3.05) is 13.2 Å². The van der Waals surface area contributed by atoms with E-state index in [0.717, 1.165) is 6.07 Å². The standard InChI is InChI=1S/C11H14ClNO5S2/c1-11(5-6-18-8-11)13-20(16,17)10-4-2-3-9(7-10)19(12,14)15/h2-4,7,13H,5-6,8H2,1H3. The lowest BCUT2D eigenvalue weighted by molar-refractivity contribution is 0.178. The fourth-order valence-corrected chi connectivity index (χ4v) is 4.26. The van der Waals surface area contributed by atoms with Gasteiger partial charge < -0.3 is 4.74 Å². The van der Waals surface area contributed by atoms with Gasteiger partial charge in [0.15, 0.2) is 0 Å². The molecule has 1 aliphatic rings. The lowest BCUT2D eigenvalue weighted by Crippen LogP contribution is -2.46. The zero-order valence-electron chi connectivity index (χ0n) is 10.7. The van der Waals surface area contributed by atoms with E-state index in [4.69, 9.17) is 15.4 Å². The van der Waals surface area contributed by atoms with Crippen molar-refractivity contribution >= 4 is 29.8 Å². The van der Waals surface area contributed by atoms with Crippen LogP contribution >= 0.6 is 10.7 Å². The van der Waals surface area contributed by atoms with Crippen molar-refractivity contribution in [2.24, 2.45) is 0 Å². The molecule has 0 radical (unpaired) electrons. The van der Waals surface area contributed by atoms with E-state index in [1.54, 1.807) is 6.92 Å². The highest BCUT2D eigenvalue weighted by Gasteiger charge is 2.34. The molecular formula is C11H14ClNO5S2. The first kappa shape index (κ1) is 15.7. The second-order valence-corrected chi connectivity index (χ2v) is 9.13. The van der Waals surface area contributed by atoms with Crippen LogP contribution in [0, 0.1) is 0 Å². The summed E-state index contributed by atoms with van der Waals surface area (Å²) in [7, 11) is -2.60. The molecule has 1 aromatic rings. The molecule has 1 unspecified atom stereocenters. The van der Waals surface area contributed by atoms with Gasteiger partial charge in [0.25, 0.3) is 9.05 Å². The van der Waals surface area contributed by atoms with E-state index in [-0.39, 0.29) is 16.4 Å². The molecule has 1 heterocycles. The van der Waals surface area contributed by atoms with Gasteiger partial charge in [-0.1, -0.05) is 6.07 Å². The maximum Gasteiger partial charge on any atom is 0.261 e. The van der Waals surface area contributed by atoms with Gasteiger partial charge >= 0.3 is 0 Å².